The van der Waals surface area contributed by atoms with Crippen molar-refractivity contribution in [3.8, 4) is 6.01 Å². The highest BCUT2D eigenvalue weighted by Gasteiger charge is 2.19. The third-order valence-corrected chi connectivity index (χ3v) is 4.09. The molecule has 12 nitrogen and oxygen atoms in total. The summed E-state index contributed by atoms with van der Waals surface area (Å²) in [5.74, 6) is 0.0470. The van der Waals surface area contributed by atoms with Crippen LogP contribution < -0.4 is 20.1 Å². The largest absolute Gasteiger partial charge is 0.467 e. The van der Waals surface area contributed by atoms with E-state index in [0.29, 0.717) is 0 Å². The van der Waals surface area contributed by atoms with E-state index in [9.17, 15) is 18.0 Å². The molecule has 138 valence electrons. The van der Waals surface area contributed by atoms with Crippen LogP contribution in [-0.4, -0.2) is 47.7 Å². The Balaban J connectivity index is 2.15. The zero-order valence-electron chi connectivity index (χ0n) is 13.5. The summed E-state index contributed by atoms with van der Waals surface area (Å²) in [6, 6.07) is 3.75. The van der Waals surface area contributed by atoms with E-state index in [0.717, 1.165) is 6.07 Å². The lowest BCUT2D eigenvalue weighted by atomic mass is 10.3. The fraction of sp³-hybridized carbons (Fsp3) is 0.154. The fourth-order valence-electron chi connectivity index (χ4n) is 1.78. The van der Waals surface area contributed by atoms with Crippen molar-refractivity contribution < 1.29 is 27.9 Å². The number of rotatable bonds is 5. The van der Waals surface area contributed by atoms with Crippen LogP contribution >= 0.6 is 0 Å². The van der Waals surface area contributed by atoms with Crippen LogP contribution in [0.2, 0.25) is 0 Å². The van der Waals surface area contributed by atoms with Gasteiger partial charge in [0, 0.05) is 5.69 Å². The Labute approximate surface area is 147 Å². The van der Waals surface area contributed by atoms with E-state index in [4.69, 9.17) is 9.84 Å². The van der Waals surface area contributed by atoms with Crippen LogP contribution in [0.4, 0.5) is 21.2 Å². The number of carbonyl (C=O) groups excluding carboxylic acids is 1. The highest BCUT2D eigenvalue weighted by molar-refractivity contribution is 7.90. The normalized spacial score (nSPS) is 10.7. The van der Waals surface area contributed by atoms with Crippen LogP contribution in [-0.2, 0) is 10.0 Å². The third kappa shape index (κ3) is 5.01. The molecule has 0 aliphatic carbocycles. The molecule has 1 heterocycles. The van der Waals surface area contributed by atoms with Gasteiger partial charge in [-0.2, -0.15) is 15.0 Å². The van der Waals surface area contributed by atoms with E-state index in [1.807, 2.05) is 5.32 Å². The number of urea groups is 1. The van der Waals surface area contributed by atoms with Crippen LogP contribution in [0.15, 0.2) is 29.2 Å². The van der Waals surface area contributed by atoms with Crippen molar-refractivity contribution in [3.63, 3.8) is 0 Å². The zero-order chi connectivity index (χ0) is 19.3. The molecule has 2 rings (SSSR count). The third-order valence-electron chi connectivity index (χ3n) is 2.76. The summed E-state index contributed by atoms with van der Waals surface area (Å²) in [4.78, 5) is 33.6. The Hall–Kier alpha value is -3.48. The standard InChI is InChI=1S/C13H14N6O6S/c1-7-14-10(18-12(15-7)25-2)17-11(20)19-26(23,24)9-5-3-4-8(6-9)16-13(21)22/h3-6,16H,1-2H3,(H,21,22)(H2,14,15,17,18,19,20). The first-order valence-electron chi connectivity index (χ1n) is 6.90. The molecule has 0 aliphatic heterocycles. The molecule has 1 aromatic heterocycles. The van der Waals surface area contributed by atoms with Crippen molar-refractivity contribution in [2.75, 3.05) is 17.7 Å². The number of methoxy groups -OCH3 is 1. The molecule has 0 spiro atoms. The number of hydrogen-bond acceptors (Lipinski definition) is 8. The van der Waals surface area contributed by atoms with Gasteiger partial charge < -0.3 is 9.84 Å². The Morgan fingerprint density at radius 3 is 2.54 bits per heavy atom. The van der Waals surface area contributed by atoms with Gasteiger partial charge in [0.1, 0.15) is 5.82 Å². The van der Waals surface area contributed by atoms with Crippen molar-refractivity contribution in [2.24, 2.45) is 0 Å². The second kappa shape index (κ2) is 7.60. The number of sulfonamides is 1. The molecule has 0 bridgehead atoms. The second-order valence-electron chi connectivity index (χ2n) is 4.71. The maximum Gasteiger partial charge on any atom is 0.409 e. The zero-order valence-corrected chi connectivity index (χ0v) is 14.4. The lowest BCUT2D eigenvalue weighted by Crippen LogP contribution is -2.35. The molecule has 0 radical (unpaired) electrons. The summed E-state index contributed by atoms with van der Waals surface area (Å²) in [7, 11) is -2.94. The molecule has 0 saturated heterocycles. The van der Waals surface area contributed by atoms with Gasteiger partial charge in [0.05, 0.1) is 12.0 Å². The number of nitrogens with one attached hydrogen (secondary N) is 3. The lowest BCUT2D eigenvalue weighted by Gasteiger charge is -2.09. The minimum atomic E-state index is -4.26. The second-order valence-corrected chi connectivity index (χ2v) is 6.39. The number of carboxylic acid groups (broad SMARTS) is 1. The van der Waals surface area contributed by atoms with Gasteiger partial charge in [0.15, 0.2) is 0 Å². The molecule has 26 heavy (non-hydrogen) atoms. The van der Waals surface area contributed by atoms with E-state index >= 15 is 0 Å². The number of aromatic nitrogens is 3. The summed E-state index contributed by atoms with van der Waals surface area (Å²) in [5.41, 5.74) is 0.0265. The molecule has 4 N–H and O–H groups in total. The average molecular weight is 382 g/mol. The number of nitrogens with zero attached hydrogens (tertiary/aromatic N) is 3. The van der Waals surface area contributed by atoms with Gasteiger partial charge in [-0.15, -0.1) is 0 Å². The predicted molar refractivity (Wildman–Crippen MR) is 88.5 cm³/mol. The topological polar surface area (TPSA) is 172 Å². The van der Waals surface area contributed by atoms with E-state index < -0.39 is 22.1 Å². The van der Waals surface area contributed by atoms with E-state index in [-0.39, 0.29) is 28.4 Å². The van der Waals surface area contributed by atoms with Crippen LogP contribution in [0.1, 0.15) is 5.82 Å². The first kappa shape index (κ1) is 18.9. The SMILES string of the molecule is COc1nc(C)nc(NC(=O)NS(=O)(=O)c2cccc(NC(=O)O)c2)n1. The molecule has 0 fully saturated rings. The number of anilines is 2. The molecule has 0 aliphatic rings. The number of amides is 3. The fourth-order valence-corrected chi connectivity index (χ4v) is 2.73. The van der Waals surface area contributed by atoms with Crippen molar-refractivity contribution in [3.05, 3.63) is 30.1 Å². The van der Waals surface area contributed by atoms with E-state index in [2.05, 4.69) is 20.3 Å². The van der Waals surface area contributed by atoms with Crippen molar-refractivity contribution in [1.82, 2.24) is 19.7 Å². The molecular formula is C13H14N6O6S. The summed E-state index contributed by atoms with van der Waals surface area (Å²) in [6.07, 6.45) is -1.36. The number of benzene rings is 1. The maximum absolute atomic E-state index is 12.2. The van der Waals surface area contributed by atoms with E-state index in [1.54, 1.807) is 4.72 Å². The van der Waals surface area contributed by atoms with Crippen molar-refractivity contribution in [1.29, 1.82) is 0 Å². The quantitative estimate of drug-likeness (QED) is 0.583. The minimum Gasteiger partial charge on any atom is -0.467 e. The minimum absolute atomic E-state index is 0.0265. The summed E-state index contributed by atoms with van der Waals surface area (Å²) < 4.78 is 31.1. The van der Waals surface area contributed by atoms with Crippen LogP contribution in [0, 0.1) is 6.92 Å². The Morgan fingerprint density at radius 2 is 1.88 bits per heavy atom. The Bertz CT molecular complexity index is 948. The molecular weight excluding hydrogens is 368 g/mol. The molecule has 3 amide bonds. The highest BCUT2D eigenvalue weighted by Crippen LogP contribution is 2.15. The van der Waals surface area contributed by atoms with Gasteiger partial charge in [-0.1, -0.05) is 6.07 Å². The number of carbonyl (C=O) groups is 2. The Morgan fingerprint density at radius 1 is 1.15 bits per heavy atom. The molecule has 0 atom stereocenters. The highest BCUT2D eigenvalue weighted by atomic mass is 32.2. The van der Waals surface area contributed by atoms with Gasteiger partial charge in [-0.25, -0.2) is 22.7 Å². The number of ether oxygens (including phenoxy) is 1. The van der Waals surface area contributed by atoms with E-state index in [1.165, 1.54) is 32.2 Å². The molecule has 1 aromatic carbocycles. The van der Waals surface area contributed by atoms with Crippen LogP contribution in [0.25, 0.3) is 0 Å². The van der Waals surface area contributed by atoms with Crippen molar-refractivity contribution >= 4 is 33.8 Å². The molecule has 13 heteroatoms. The van der Waals surface area contributed by atoms with Gasteiger partial charge >= 0.3 is 18.1 Å². The molecule has 2 aromatic rings. The summed E-state index contributed by atoms with van der Waals surface area (Å²) in [6.45, 7) is 1.53. The summed E-state index contributed by atoms with van der Waals surface area (Å²) >= 11 is 0. The molecule has 0 unspecified atom stereocenters. The Kier molecular flexibility index (Phi) is 5.51. The van der Waals surface area contributed by atoms with Gasteiger partial charge in [-0.3, -0.25) is 10.6 Å². The smallest absolute Gasteiger partial charge is 0.409 e. The number of aryl methyl sites for hydroxylation is 1. The monoisotopic (exact) mass is 382 g/mol. The van der Waals surface area contributed by atoms with Gasteiger partial charge in [0.25, 0.3) is 10.0 Å². The van der Waals surface area contributed by atoms with Crippen LogP contribution in [0.3, 0.4) is 0 Å². The van der Waals surface area contributed by atoms with Crippen LogP contribution in [0.5, 0.6) is 6.01 Å². The predicted octanol–water partition coefficient (Wildman–Crippen LogP) is 0.789. The summed E-state index contributed by atoms with van der Waals surface area (Å²) in [5, 5.41) is 12.8. The first-order chi connectivity index (χ1) is 12.2. The van der Waals surface area contributed by atoms with Gasteiger partial charge in [-0.05, 0) is 25.1 Å². The van der Waals surface area contributed by atoms with Gasteiger partial charge in [0.2, 0.25) is 5.95 Å². The molecule has 0 saturated carbocycles. The number of hydrogen-bond donors (Lipinski definition) is 4. The lowest BCUT2D eigenvalue weighted by molar-refractivity contribution is 0.209. The maximum atomic E-state index is 12.2. The average Bonchev–Trinajstić information content (AvgIpc) is 2.53. The van der Waals surface area contributed by atoms with Crippen molar-refractivity contribution in [2.45, 2.75) is 11.8 Å². The first-order valence-corrected chi connectivity index (χ1v) is 8.38.